The van der Waals surface area contributed by atoms with Gasteiger partial charge in [-0.2, -0.15) is 0 Å². The second-order valence-corrected chi connectivity index (χ2v) is 12.2. The second kappa shape index (κ2) is 8.83. The first-order chi connectivity index (χ1) is 21.1. The molecule has 2 nitrogen and oxygen atoms in total. The Hall–Kier alpha value is -5.34. The lowest BCUT2D eigenvalue weighted by atomic mass is 9.79. The Morgan fingerprint density at radius 1 is 0.488 bits per heavy atom. The highest BCUT2D eigenvalue weighted by Gasteiger charge is 2.37. The molecule has 8 aromatic rings. The number of nitrogens with zero attached hydrogens (tertiary/aromatic N) is 2. The van der Waals surface area contributed by atoms with Gasteiger partial charge in [0.2, 0.25) is 0 Å². The molecule has 0 saturated heterocycles. The summed E-state index contributed by atoms with van der Waals surface area (Å²) in [7, 11) is 0. The van der Waals surface area contributed by atoms with Crippen molar-refractivity contribution in [3.63, 3.8) is 0 Å². The zero-order valence-corrected chi connectivity index (χ0v) is 24.1. The third kappa shape index (κ3) is 3.47. The van der Waals surface area contributed by atoms with Crippen LogP contribution in [-0.4, -0.2) is 9.97 Å². The molecule has 0 N–H and O–H groups in total. The van der Waals surface area contributed by atoms with Gasteiger partial charge in [-0.1, -0.05) is 135 Å². The van der Waals surface area contributed by atoms with Crippen LogP contribution < -0.4 is 0 Å². The molecule has 9 rings (SSSR count). The fourth-order valence-corrected chi connectivity index (χ4v) is 7.40. The molecule has 1 aliphatic rings. The van der Waals surface area contributed by atoms with Gasteiger partial charge in [-0.05, 0) is 66.7 Å². The van der Waals surface area contributed by atoms with Crippen LogP contribution in [0.15, 0.2) is 133 Å². The van der Waals surface area contributed by atoms with Gasteiger partial charge in [-0.25, -0.2) is 9.97 Å². The van der Waals surface area contributed by atoms with Crippen molar-refractivity contribution in [1.29, 1.82) is 0 Å². The van der Waals surface area contributed by atoms with Crippen LogP contribution in [0.25, 0.3) is 77.0 Å². The quantitative estimate of drug-likeness (QED) is 0.201. The molecular weight excluding hydrogens is 520 g/mol. The lowest BCUT2D eigenvalue weighted by Crippen LogP contribution is -2.15. The van der Waals surface area contributed by atoms with Crippen molar-refractivity contribution in [2.24, 2.45) is 0 Å². The monoisotopic (exact) mass is 548 g/mol. The van der Waals surface area contributed by atoms with Gasteiger partial charge in [0, 0.05) is 21.9 Å². The molecule has 2 heteroatoms. The molecule has 1 aliphatic carbocycles. The van der Waals surface area contributed by atoms with Crippen molar-refractivity contribution >= 4 is 43.2 Å². The van der Waals surface area contributed by atoms with Crippen LogP contribution in [0, 0.1) is 0 Å². The predicted molar refractivity (Wildman–Crippen MR) is 180 cm³/mol. The zero-order valence-electron chi connectivity index (χ0n) is 24.1. The van der Waals surface area contributed by atoms with Gasteiger partial charge < -0.3 is 0 Å². The average Bonchev–Trinajstić information content (AvgIpc) is 3.30. The zero-order chi connectivity index (χ0) is 28.7. The fraction of sp³-hybridized carbons (Fsp3) is 0.0732. The molecule has 0 aliphatic heterocycles. The maximum absolute atomic E-state index is 5.14. The second-order valence-electron chi connectivity index (χ2n) is 12.2. The number of benzene rings is 7. The van der Waals surface area contributed by atoms with Crippen LogP contribution in [0.2, 0.25) is 0 Å². The van der Waals surface area contributed by atoms with Crippen molar-refractivity contribution < 1.29 is 0 Å². The molecule has 7 aromatic carbocycles. The van der Waals surface area contributed by atoms with Gasteiger partial charge in [0.25, 0.3) is 0 Å². The van der Waals surface area contributed by atoms with Crippen LogP contribution in [-0.2, 0) is 5.41 Å². The molecule has 0 saturated carbocycles. The summed E-state index contributed by atoms with van der Waals surface area (Å²) in [6, 6.07) is 48.0. The Bertz CT molecular complexity index is 2420. The Morgan fingerprint density at radius 2 is 1.19 bits per heavy atom. The lowest BCUT2D eigenvalue weighted by molar-refractivity contribution is 0.666. The van der Waals surface area contributed by atoms with Crippen LogP contribution in [0.4, 0.5) is 0 Å². The molecule has 0 bridgehead atoms. The van der Waals surface area contributed by atoms with E-state index >= 15 is 0 Å². The van der Waals surface area contributed by atoms with Crippen molar-refractivity contribution in [3.05, 3.63) is 145 Å². The van der Waals surface area contributed by atoms with Crippen LogP contribution in [0.3, 0.4) is 0 Å². The van der Waals surface area contributed by atoms with Gasteiger partial charge in [-0.15, -0.1) is 0 Å². The highest BCUT2D eigenvalue weighted by molar-refractivity contribution is 6.23. The number of para-hydroxylation sites is 1. The summed E-state index contributed by atoms with van der Waals surface area (Å²) < 4.78 is 0. The number of aromatic nitrogens is 2. The smallest absolute Gasteiger partial charge is 0.160 e. The van der Waals surface area contributed by atoms with E-state index < -0.39 is 0 Å². The first kappa shape index (κ1) is 24.3. The SMILES string of the molecule is CC1(C)c2ccccc2-c2ccc3ccc4ccc5cc(-c6nc(-c7ccccc7)c7ccccc7n6)ccc5c4c3c21. The molecule has 202 valence electrons. The standard InChI is InChI=1S/C41H28N2/c1-41(2)34-14-8-6-12-31(34)32-23-20-26-17-16-25-18-19-28-24-29(21-22-30(28)36(25)37(26)38(32)41)40-42-35-15-9-7-13-33(35)39(43-40)27-10-4-3-5-11-27/h3-24H,1-2H3. The first-order valence-corrected chi connectivity index (χ1v) is 14.9. The van der Waals surface area contributed by atoms with E-state index in [4.69, 9.17) is 9.97 Å². The van der Waals surface area contributed by atoms with Crippen molar-refractivity contribution in [2.75, 3.05) is 0 Å². The number of rotatable bonds is 2. The minimum atomic E-state index is -0.0887. The minimum absolute atomic E-state index is 0.0887. The summed E-state index contributed by atoms with van der Waals surface area (Å²) in [6.07, 6.45) is 0. The summed E-state index contributed by atoms with van der Waals surface area (Å²) >= 11 is 0. The molecule has 0 fully saturated rings. The lowest BCUT2D eigenvalue weighted by Gasteiger charge is -2.24. The highest BCUT2D eigenvalue weighted by Crippen LogP contribution is 2.53. The largest absolute Gasteiger partial charge is 0.228 e. The van der Waals surface area contributed by atoms with E-state index in [1.165, 1.54) is 54.6 Å². The van der Waals surface area contributed by atoms with E-state index in [1.807, 2.05) is 12.1 Å². The third-order valence-corrected chi connectivity index (χ3v) is 9.41. The van der Waals surface area contributed by atoms with Gasteiger partial charge in [0.1, 0.15) is 0 Å². The van der Waals surface area contributed by atoms with Crippen LogP contribution >= 0.6 is 0 Å². The van der Waals surface area contributed by atoms with Crippen LogP contribution in [0.1, 0.15) is 25.0 Å². The van der Waals surface area contributed by atoms with Crippen LogP contribution in [0.5, 0.6) is 0 Å². The van der Waals surface area contributed by atoms with Crippen molar-refractivity contribution in [3.8, 4) is 33.8 Å². The molecular formula is C41H28N2. The molecule has 0 atom stereocenters. The van der Waals surface area contributed by atoms with E-state index in [-0.39, 0.29) is 5.41 Å². The molecule has 1 heterocycles. The van der Waals surface area contributed by atoms with E-state index in [0.717, 1.165) is 33.5 Å². The van der Waals surface area contributed by atoms with Crippen molar-refractivity contribution in [2.45, 2.75) is 19.3 Å². The summed E-state index contributed by atoms with van der Waals surface area (Å²) in [5, 5.41) is 8.76. The highest BCUT2D eigenvalue weighted by atomic mass is 14.9. The molecule has 0 radical (unpaired) electrons. The molecule has 43 heavy (non-hydrogen) atoms. The summed E-state index contributed by atoms with van der Waals surface area (Å²) in [4.78, 5) is 10.2. The summed E-state index contributed by atoms with van der Waals surface area (Å²) in [5.41, 5.74) is 9.48. The minimum Gasteiger partial charge on any atom is -0.228 e. The normalized spacial score (nSPS) is 13.5. The topological polar surface area (TPSA) is 25.8 Å². The molecule has 0 unspecified atom stereocenters. The Kier molecular flexibility index (Phi) is 4.99. The van der Waals surface area contributed by atoms with E-state index in [0.29, 0.717) is 0 Å². The fourth-order valence-electron chi connectivity index (χ4n) is 7.40. The van der Waals surface area contributed by atoms with Crippen molar-refractivity contribution in [1.82, 2.24) is 9.97 Å². The third-order valence-electron chi connectivity index (χ3n) is 9.41. The Morgan fingerprint density at radius 3 is 2.05 bits per heavy atom. The average molecular weight is 549 g/mol. The maximum Gasteiger partial charge on any atom is 0.160 e. The summed E-state index contributed by atoms with van der Waals surface area (Å²) in [6.45, 7) is 4.75. The van der Waals surface area contributed by atoms with E-state index in [1.54, 1.807) is 0 Å². The van der Waals surface area contributed by atoms with Gasteiger partial charge in [0.05, 0.1) is 11.2 Å². The predicted octanol–water partition coefficient (Wildman–Crippen LogP) is 10.7. The van der Waals surface area contributed by atoms with Gasteiger partial charge in [0.15, 0.2) is 5.82 Å². The molecule has 1 aromatic heterocycles. The van der Waals surface area contributed by atoms with Gasteiger partial charge >= 0.3 is 0 Å². The van der Waals surface area contributed by atoms with Gasteiger partial charge in [-0.3, -0.25) is 0 Å². The molecule has 0 spiro atoms. The Balaban J connectivity index is 1.31. The van der Waals surface area contributed by atoms with E-state index in [9.17, 15) is 0 Å². The van der Waals surface area contributed by atoms with E-state index in [2.05, 4.69) is 135 Å². The maximum atomic E-state index is 5.14. The number of fused-ring (bicyclic) bond motifs is 10. The number of hydrogen-bond acceptors (Lipinski definition) is 2. The molecule has 0 amide bonds. The first-order valence-electron chi connectivity index (χ1n) is 14.9. The Labute approximate surface area is 250 Å². The summed E-state index contributed by atoms with van der Waals surface area (Å²) in [5.74, 6) is 0.745. The number of hydrogen-bond donors (Lipinski definition) is 0.